The molecule has 1 aliphatic heterocycles. The van der Waals surface area contributed by atoms with Crippen LogP contribution in [0.4, 0.5) is 4.79 Å². The first-order chi connectivity index (χ1) is 8.37. The van der Waals surface area contributed by atoms with Crippen molar-refractivity contribution in [2.24, 2.45) is 11.7 Å². The maximum atomic E-state index is 12.1. The maximum absolute atomic E-state index is 12.1. The Balaban J connectivity index is 2.64. The summed E-state index contributed by atoms with van der Waals surface area (Å²) < 4.78 is 10.6. The van der Waals surface area contributed by atoms with Gasteiger partial charge in [-0.1, -0.05) is 0 Å². The van der Waals surface area contributed by atoms with Gasteiger partial charge in [0, 0.05) is 13.7 Å². The number of ether oxygens (including phenoxy) is 2. The highest BCUT2D eigenvalue weighted by molar-refractivity contribution is 5.68. The molecule has 5 nitrogen and oxygen atoms in total. The lowest BCUT2D eigenvalue weighted by Crippen LogP contribution is -2.50. The van der Waals surface area contributed by atoms with Gasteiger partial charge in [-0.05, 0) is 46.1 Å². The van der Waals surface area contributed by atoms with Gasteiger partial charge in [-0.2, -0.15) is 0 Å². The summed E-state index contributed by atoms with van der Waals surface area (Å²) in [6.45, 7) is 7.54. The van der Waals surface area contributed by atoms with Crippen LogP contribution in [0.15, 0.2) is 0 Å². The number of likely N-dealkylation sites (tertiary alicyclic amines) is 1. The molecule has 0 bridgehead atoms. The molecule has 0 aromatic heterocycles. The minimum atomic E-state index is -0.459. The molecule has 18 heavy (non-hydrogen) atoms. The van der Waals surface area contributed by atoms with Gasteiger partial charge in [0.25, 0.3) is 0 Å². The Morgan fingerprint density at radius 1 is 1.44 bits per heavy atom. The predicted octanol–water partition coefficient (Wildman–Crippen LogP) is 1.61. The molecule has 0 aromatic carbocycles. The van der Waals surface area contributed by atoms with Crippen LogP contribution < -0.4 is 5.73 Å². The molecule has 0 radical (unpaired) electrons. The van der Waals surface area contributed by atoms with E-state index in [1.165, 1.54) is 0 Å². The second kappa shape index (κ2) is 6.38. The normalized spacial score (nSPS) is 25.1. The first-order valence-electron chi connectivity index (χ1n) is 6.56. The lowest BCUT2D eigenvalue weighted by atomic mass is 9.91. The van der Waals surface area contributed by atoms with Crippen LogP contribution in [-0.2, 0) is 9.47 Å². The number of carbonyl (C=O) groups is 1. The molecule has 2 N–H and O–H groups in total. The number of nitrogens with two attached hydrogens (primary N) is 1. The molecule has 1 aliphatic rings. The van der Waals surface area contributed by atoms with Crippen LogP contribution in [0.5, 0.6) is 0 Å². The van der Waals surface area contributed by atoms with Crippen molar-refractivity contribution in [3.05, 3.63) is 0 Å². The summed E-state index contributed by atoms with van der Waals surface area (Å²) in [5.74, 6) is 0.476. The summed E-state index contributed by atoms with van der Waals surface area (Å²) in [4.78, 5) is 13.9. The molecular formula is C13H26N2O3. The Morgan fingerprint density at radius 2 is 2.11 bits per heavy atom. The van der Waals surface area contributed by atoms with Crippen LogP contribution in [0.1, 0.15) is 33.6 Å². The number of nitrogens with zero attached hydrogens (tertiary/aromatic N) is 1. The third-order valence-corrected chi connectivity index (χ3v) is 3.14. The highest BCUT2D eigenvalue weighted by Gasteiger charge is 2.33. The number of hydrogen-bond donors (Lipinski definition) is 1. The van der Waals surface area contributed by atoms with E-state index in [0.717, 1.165) is 12.8 Å². The molecule has 0 spiro atoms. The van der Waals surface area contributed by atoms with E-state index in [9.17, 15) is 4.79 Å². The van der Waals surface area contributed by atoms with Gasteiger partial charge in [0.1, 0.15) is 5.60 Å². The molecule has 0 aliphatic carbocycles. The monoisotopic (exact) mass is 258 g/mol. The van der Waals surface area contributed by atoms with Crippen LogP contribution in [0.3, 0.4) is 0 Å². The summed E-state index contributed by atoms with van der Waals surface area (Å²) in [6.07, 6.45) is 1.58. The predicted molar refractivity (Wildman–Crippen MR) is 70.4 cm³/mol. The van der Waals surface area contributed by atoms with Crippen LogP contribution in [0, 0.1) is 5.92 Å². The summed E-state index contributed by atoms with van der Waals surface area (Å²) >= 11 is 0. The SMILES string of the molecule is COCC1CC(CN)CCN1C(=O)OC(C)(C)C. The average molecular weight is 258 g/mol. The van der Waals surface area contributed by atoms with Gasteiger partial charge >= 0.3 is 6.09 Å². The highest BCUT2D eigenvalue weighted by Crippen LogP contribution is 2.24. The summed E-state index contributed by atoms with van der Waals surface area (Å²) in [7, 11) is 1.65. The van der Waals surface area contributed by atoms with Crippen molar-refractivity contribution in [1.29, 1.82) is 0 Å². The molecule has 106 valence electrons. The zero-order chi connectivity index (χ0) is 13.8. The van der Waals surface area contributed by atoms with Gasteiger partial charge in [-0.15, -0.1) is 0 Å². The van der Waals surface area contributed by atoms with Gasteiger partial charge in [0.2, 0.25) is 0 Å². The molecule has 5 heteroatoms. The van der Waals surface area contributed by atoms with E-state index in [1.807, 2.05) is 20.8 Å². The van der Waals surface area contributed by atoms with Crippen LogP contribution in [0.2, 0.25) is 0 Å². The molecule has 1 saturated heterocycles. The Morgan fingerprint density at radius 3 is 2.61 bits per heavy atom. The van der Waals surface area contributed by atoms with Gasteiger partial charge in [0.15, 0.2) is 0 Å². The topological polar surface area (TPSA) is 64.8 Å². The van der Waals surface area contributed by atoms with E-state index in [-0.39, 0.29) is 12.1 Å². The minimum absolute atomic E-state index is 0.0761. The fraction of sp³-hybridized carbons (Fsp3) is 0.923. The fourth-order valence-corrected chi connectivity index (χ4v) is 2.26. The Labute approximate surface area is 110 Å². The second-order valence-electron chi connectivity index (χ2n) is 5.91. The maximum Gasteiger partial charge on any atom is 0.410 e. The van der Waals surface area contributed by atoms with Gasteiger partial charge < -0.3 is 20.1 Å². The van der Waals surface area contributed by atoms with Crippen LogP contribution in [-0.4, -0.2) is 49.4 Å². The molecule has 2 unspecified atom stereocenters. The minimum Gasteiger partial charge on any atom is -0.444 e. The highest BCUT2D eigenvalue weighted by atomic mass is 16.6. The van der Waals surface area contributed by atoms with Crippen molar-refractivity contribution in [2.45, 2.75) is 45.3 Å². The summed E-state index contributed by atoms with van der Waals surface area (Å²) in [5.41, 5.74) is 5.25. The van der Waals surface area contributed by atoms with Crippen LogP contribution >= 0.6 is 0 Å². The number of carbonyl (C=O) groups excluding carboxylic acids is 1. The first kappa shape index (κ1) is 15.2. The number of piperidine rings is 1. The summed E-state index contributed by atoms with van der Waals surface area (Å²) in [5, 5.41) is 0. The molecule has 1 amide bonds. The average Bonchev–Trinajstić information content (AvgIpc) is 2.27. The van der Waals surface area contributed by atoms with Crippen LogP contribution in [0.25, 0.3) is 0 Å². The lowest BCUT2D eigenvalue weighted by molar-refractivity contribution is -0.00851. The Hall–Kier alpha value is -0.810. The number of rotatable bonds is 3. The van der Waals surface area contributed by atoms with Gasteiger partial charge in [-0.25, -0.2) is 4.79 Å². The van der Waals surface area contributed by atoms with Gasteiger partial charge in [0.05, 0.1) is 12.6 Å². The smallest absolute Gasteiger partial charge is 0.410 e. The molecule has 2 atom stereocenters. The summed E-state index contributed by atoms with van der Waals surface area (Å²) in [6, 6.07) is 0.0761. The molecule has 0 aromatic rings. The molecule has 1 rings (SSSR count). The van der Waals surface area contributed by atoms with Crippen molar-refractivity contribution in [2.75, 3.05) is 26.8 Å². The van der Waals surface area contributed by atoms with E-state index in [1.54, 1.807) is 12.0 Å². The second-order valence-corrected chi connectivity index (χ2v) is 5.91. The number of methoxy groups -OCH3 is 1. The quantitative estimate of drug-likeness (QED) is 0.835. The third-order valence-electron chi connectivity index (χ3n) is 3.14. The van der Waals surface area contributed by atoms with Gasteiger partial charge in [-0.3, -0.25) is 0 Å². The van der Waals surface area contributed by atoms with Crippen molar-refractivity contribution in [3.8, 4) is 0 Å². The molecule has 1 fully saturated rings. The van der Waals surface area contributed by atoms with E-state index < -0.39 is 5.60 Å². The first-order valence-corrected chi connectivity index (χ1v) is 6.56. The molecular weight excluding hydrogens is 232 g/mol. The molecule has 0 saturated carbocycles. The third kappa shape index (κ3) is 4.46. The number of hydrogen-bond acceptors (Lipinski definition) is 4. The zero-order valence-corrected chi connectivity index (χ0v) is 11.9. The fourth-order valence-electron chi connectivity index (χ4n) is 2.26. The molecule has 1 heterocycles. The largest absolute Gasteiger partial charge is 0.444 e. The lowest BCUT2D eigenvalue weighted by Gasteiger charge is -2.39. The van der Waals surface area contributed by atoms with E-state index >= 15 is 0 Å². The van der Waals surface area contributed by atoms with Crippen molar-refractivity contribution in [1.82, 2.24) is 4.90 Å². The standard InChI is InChI=1S/C13H26N2O3/c1-13(2,3)18-12(16)15-6-5-10(8-14)7-11(15)9-17-4/h10-11H,5-9,14H2,1-4H3. The number of amides is 1. The van der Waals surface area contributed by atoms with Crippen molar-refractivity contribution in [3.63, 3.8) is 0 Å². The van der Waals surface area contributed by atoms with E-state index in [4.69, 9.17) is 15.2 Å². The van der Waals surface area contributed by atoms with E-state index in [0.29, 0.717) is 25.6 Å². The zero-order valence-electron chi connectivity index (χ0n) is 11.9. The van der Waals surface area contributed by atoms with Crippen molar-refractivity contribution >= 4 is 6.09 Å². The Kier molecular flexibility index (Phi) is 5.41. The van der Waals surface area contributed by atoms with E-state index in [2.05, 4.69) is 0 Å². The van der Waals surface area contributed by atoms with Crippen molar-refractivity contribution < 1.29 is 14.3 Å². The Bertz CT molecular complexity index is 276.